The van der Waals surface area contributed by atoms with Gasteiger partial charge in [0.25, 0.3) is 0 Å². The third-order valence-corrected chi connectivity index (χ3v) is 6.45. The van der Waals surface area contributed by atoms with Crippen LogP contribution in [0.3, 0.4) is 0 Å². The number of hydrogen-bond acceptors (Lipinski definition) is 5. The van der Waals surface area contributed by atoms with Gasteiger partial charge in [0.05, 0.1) is 29.5 Å². The number of hydrogen-bond donors (Lipinski definition) is 0. The molecule has 0 spiro atoms. The summed E-state index contributed by atoms with van der Waals surface area (Å²) in [5.74, 6) is 0. The van der Waals surface area contributed by atoms with E-state index >= 15 is 0 Å². The van der Waals surface area contributed by atoms with Crippen LogP contribution in [0.15, 0.2) is 95.8 Å². The molecule has 3 aromatic carbocycles. The lowest BCUT2D eigenvalue weighted by atomic mass is 9.91. The second kappa shape index (κ2) is 9.68. The highest BCUT2D eigenvalue weighted by Gasteiger charge is 2.19. The molecule has 4 nitrogen and oxygen atoms in total. The quantitative estimate of drug-likeness (QED) is 0.275. The number of benzene rings is 3. The molecule has 34 heavy (non-hydrogen) atoms. The first-order valence-corrected chi connectivity index (χ1v) is 11.7. The molecule has 5 heteroatoms. The predicted octanol–water partition coefficient (Wildman–Crippen LogP) is 7.01. The third-order valence-electron chi connectivity index (χ3n) is 5.74. The summed E-state index contributed by atoms with van der Waals surface area (Å²) in [6, 6.07) is 30.3. The zero-order valence-corrected chi connectivity index (χ0v) is 19.0. The second-order valence-corrected chi connectivity index (χ2v) is 8.62. The molecule has 5 rings (SSSR count). The van der Waals surface area contributed by atoms with Gasteiger partial charge in [-0.25, -0.2) is 0 Å². The van der Waals surface area contributed by atoms with E-state index in [2.05, 4.69) is 58.9 Å². The molecule has 0 aliphatic heterocycles. The molecule has 1 unspecified atom stereocenters. The van der Waals surface area contributed by atoms with E-state index in [4.69, 9.17) is 10.00 Å². The van der Waals surface area contributed by atoms with Gasteiger partial charge in [0.1, 0.15) is 12.2 Å². The Morgan fingerprint density at radius 3 is 2.50 bits per heavy atom. The maximum absolute atomic E-state index is 9.85. The summed E-state index contributed by atoms with van der Waals surface area (Å²) < 4.78 is 6.36. The SMILES string of the molecule is N#Cc1ccc(COC(c2ccsc2)c2ccc(C#N)c(-c3cccc4ccccc34)c2)nc1. The maximum Gasteiger partial charge on any atom is 0.109 e. The van der Waals surface area contributed by atoms with Crippen molar-refractivity contribution >= 4 is 22.1 Å². The normalized spacial score (nSPS) is 11.6. The van der Waals surface area contributed by atoms with Gasteiger partial charge in [-0.2, -0.15) is 21.9 Å². The standard InChI is InChI=1S/C29H19N3OS/c30-15-20-8-11-25(32-17-20)18-33-29(24-12-13-34-19-24)22-9-10-23(16-31)28(14-22)27-7-3-5-21-4-1-2-6-26(21)27/h1-14,17,19,29H,18H2. The number of nitrogens with zero attached hydrogens (tertiary/aromatic N) is 3. The Morgan fingerprint density at radius 2 is 1.74 bits per heavy atom. The van der Waals surface area contributed by atoms with Gasteiger partial charge in [0, 0.05) is 11.8 Å². The monoisotopic (exact) mass is 457 g/mol. The van der Waals surface area contributed by atoms with E-state index in [0.717, 1.165) is 38.7 Å². The molecule has 0 amide bonds. The topological polar surface area (TPSA) is 69.7 Å². The molecule has 0 radical (unpaired) electrons. The molecule has 0 N–H and O–H groups in total. The van der Waals surface area contributed by atoms with Crippen molar-refractivity contribution in [2.45, 2.75) is 12.7 Å². The number of rotatable bonds is 6. The van der Waals surface area contributed by atoms with Crippen molar-refractivity contribution in [3.8, 4) is 23.3 Å². The smallest absolute Gasteiger partial charge is 0.109 e. The molecule has 0 fully saturated rings. The van der Waals surface area contributed by atoms with E-state index in [-0.39, 0.29) is 6.10 Å². The lowest BCUT2D eigenvalue weighted by Gasteiger charge is -2.19. The van der Waals surface area contributed by atoms with E-state index in [1.165, 1.54) is 0 Å². The molecule has 0 aliphatic carbocycles. The van der Waals surface area contributed by atoms with Crippen LogP contribution >= 0.6 is 11.3 Å². The Balaban J connectivity index is 1.55. The zero-order chi connectivity index (χ0) is 23.3. The van der Waals surface area contributed by atoms with Gasteiger partial charge >= 0.3 is 0 Å². The molecule has 162 valence electrons. The van der Waals surface area contributed by atoms with Crippen LogP contribution in [0.2, 0.25) is 0 Å². The minimum Gasteiger partial charge on any atom is -0.362 e. The molecule has 0 saturated heterocycles. The summed E-state index contributed by atoms with van der Waals surface area (Å²) in [7, 11) is 0. The first-order valence-electron chi connectivity index (χ1n) is 10.8. The molecule has 1 atom stereocenters. The fourth-order valence-electron chi connectivity index (χ4n) is 4.06. The Morgan fingerprint density at radius 1 is 0.853 bits per heavy atom. The predicted molar refractivity (Wildman–Crippen MR) is 134 cm³/mol. The highest BCUT2D eigenvalue weighted by atomic mass is 32.1. The van der Waals surface area contributed by atoms with Crippen LogP contribution in [0.25, 0.3) is 21.9 Å². The van der Waals surface area contributed by atoms with Crippen LogP contribution in [-0.2, 0) is 11.3 Å². The first-order chi connectivity index (χ1) is 16.8. The van der Waals surface area contributed by atoms with Crippen LogP contribution in [0.1, 0.15) is 34.1 Å². The van der Waals surface area contributed by atoms with E-state index in [9.17, 15) is 5.26 Å². The van der Waals surface area contributed by atoms with Gasteiger partial charge in [-0.15, -0.1) is 0 Å². The first kappa shape index (κ1) is 21.6. The Bertz CT molecular complexity index is 1520. The third kappa shape index (κ3) is 4.31. The summed E-state index contributed by atoms with van der Waals surface area (Å²) in [5, 5.41) is 25.2. The van der Waals surface area contributed by atoms with Gasteiger partial charge in [-0.05, 0) is 68.6 Å². The highest BCUT2D eigenvalue weighted by molar-refractivity contribution is 7.08. The van der Waals surface area contributed by atoms with Crippen molar-refractivity contribution in [2.24, 2.45) is 0 Å². The molecular weight excluding hydrogens is 438 g/mol. The Kier molecular flexibility index (Phi) is 6.14. The Labute approximate surface area is 202 Å². The van der Waals surface area contributed by atoms with Crippen LogP contribution in [0, 0.1) is 22.7 Å². The Hall–Kier alpha value is -4.29. The number of nitriles is 2. The summed E-state index contributed by atoms with van der Waals surface area (Å²) in [6.45, 7) is 0.301. The van der Waals surface area contributed by atoms with Gasteiger partial charge in [-0.1, -0.05) is 48.5 Å². The van der Waals surface area contributed by atoms with Crippen molar-refractivity contribution < 1.29 is 4.74 Å². The fraction of sp³-hybridized carbons (Fsp3) is 0.0690. The fourth-order valence-corrected chi connectivity index (χ4v) is 4.73. The van der Waals surface area contributed by atoms with Gasteiger partial charge in [-0.3, -0.25) is 4.98 Å². The van der Waals surface area contributed by atoms with Gasteiger partial charge < -0.3 is 4.74 Å². The van der Waals surface area contributed by atoms with Crippen LogP contribution in [-0.4, -0.2) is 4.98 Å². The number of fused-ring (bicyclic) bond motifs is 1. The van der Waals surface area contributed by atoms with Gasteiger partial charge in [0.15, 0.2) is 0 Å². The summed E-state index contributed by atoms with van der Waals surface area (Å²) in [5.41, 5.74) is 5.82. The highest BCUT2D eigenvalue weighted by Crippen LogP contribution is 2.36. The van der Waals surface area contributed by atoms with E-state index in [1.54, 1.807) is 23.6 Å². The number of thiophene rings is 1. The molecular formula is C29H19N3OS. The summed E-state index contributed by atoms with van der Waals surface area (Å²) in [4.78, 5) is 4.34. The largest absolute Gasteiger partial charge is 0.362 e. The second-order valence-electron chi connectivity index (χ2n) is 7.84. The molecule has 0 bridgehead atoms. The molecule has 2 aromatic heterocycles. The number of ether oxygens (including phenoxy) is 1. The number of aromatic nitrogens is 1. The lowest BCUT2D eigenvalue weighted by Crippen LogP contribution is -2.07. The minimum atomic E-state index is -0.315. The van der Waals surface area contributed by atoms with E-state index in [0.29, 0.717) is 17.7 Å². The zero-order valence-electron chi connectivity index (χ0n) is 18.2. The van der Waals surface area contributed by atoms with Crippen molar-refractivity contribution in [3.05, 3.63) is 124 Å². The maximum atomic E-state index is 9.85. The van der Waals surface area contributed by atoms with E-state index in [1.807, 2.05) is 41.8 Å². The summed E-state index contributed by atoms with van der Waals surface area (Å²) >= 11 is 1.62. The number of pyridine rings is 1. The minimum absolute atomic E-state index is 0.301. The molecule has 0 aliphatic rings. The molecule has 5 aromatic rings. The van der Waals surface area contributed by atoms with Crippen molar-refractivity contribution in [1.82, 2.24) is 4.98 Å². The van der Waals surface area contributed by atoms with Crippen LogP contribution < -0.4 is 0 Å². The lowest BCUT2D eigenvalue weighted by molar-refractivity contribution is 0.0649. The van der Waals surface area contributed by atoms with Crippen LogP contribution in [0.5, 0.6) is 0 Å². The summed E-state index contributed by atoms with van der Waals surface area (Å²) in [6.07, 6.45) is 1.24. The van der Waals surface area contributed by atoms with Crippen LogP contribution in [0.4, 0.5) is 0 Å². The van der Waals surface area contributed by atoms with Crippen molar-refractivity contribution in [1.29, 1.82) is 10.5 Å². The average Bonchev–Trinajstić information content (AvgIpc) is 3.43. The molecule has 2 heterocycles. The van der Waals surface area contributed by atoms with Crippen molar-refractivity contribution in [3.63, 3.8) is 0 Å². The van der Waals surface area contributed by atoms with Gasteiger partial charge in [0.2, 0.25) is 0 Å². The van der Waals surface area contributed by atoms with Crippen molar-refractivity contribution in [2.75, 3.05) is 0 Å². The van der Waals surface area contributed by atoms with E-state index < -0.39 is 0 Å². The molecule has 0 saturated carbocycles. The average molecular weight is 458 g/mol.